The molecule has 2 N–H and O–H groups in total. The lowest BCUT2D eigenvalue weighted by molar-refractivity contribution is -0.125. The largest absolute Gasteiger partial charge is 0.449 e. The summed E-state index contributed by atoms with van der Waals surface area (Å²) in [7, 11) is 0. The number of nitrogens with two attached hydrogens (primary N) is 1. The monoisotopic (exact) mass is 386 g/mol. The van der Waals surface area contributed by atoms with E-state index in [2.05, 4.69) is 6.08 Å². The van der Waals surface area contributed by atoms with E-state index in [1.807, 2.05) is 54.6 Å². The van der Waals surface area contributed by atoms with Crippen molar-refractivity contribution in [3.8, 4) is 0 Å². The Morgan fingerprint density at radius 3 is 2.55 bits per heavy atom. The van der Waals surface area contributed by atoms with Crippen molar-refractivity contribution in [1.82, 2.24) is 4.98 Å². The highest BCUT2D eigenvalue weighted by Gasteiger charge is 2.27. The van der Waals surface area contributed by atoms with Crippen molar-refractivity contribution < 1.29 is 14.3 Å². The predicted molar refractivity (Wildman–Crippen MR) is 113 cm³/mol. The van der Waals surface area contributed by atoms with Crippen LogP contribution in [0, 0.1) is 0 Å². The second kappa shape index (κ2) is 7.87. The van der Waals surface area contributed by atoms with Gasteiger partial charge in [-0.1, -0.05) is 48.5 Å². The van der Waals surface area contributed by atoms with E-state index in [1.165, 1.54) is 6.92 Å². The Balaban J connectivity index is 1.89. The normalized spacial score (nSPS) is 15.7. The molecule has 1 atom stereocenters. The summed E-state index contributed by atoms with van der Waals surface area (Å²) in [6.07, 6.45) is 3.67. The van der Waals surface area contributed by atoms with Gasteiger partial charge in [-0.15, -0.1) is 0 Å². The summed E-state index contributed by atoms with van der Waals surface area (Å²) in [5.41, 5.74) is 10.4. The van der Waals surface area contributed by atoms with Crippen LogP contribution in [0.5, 0.6) is 0 Å². The van der Waals surface area contributed by atoms with Gasteiger partial charge in [-0.2, -0.15) is 0 Å². The van der Waals surface area contributed by atoms with Gasteiger partial charge in [0.2, 0.25) is 0 Å². The van der Waals surface area contributed by atoms with Crippen molar-refractivity contribution in [2.75, 3.05) is 0 Å². The number of carbonyl (C=O) groups excluding carboxylic acids is 2. The highest BCUT2D eigenvalue weighted by molar-refractivity contribution is 6.07. The molecule has 1 unspecified atom stereocenters. The SMILES string of the molecule is CC(OC(=O)c1c2c(nc3ccccc13)C(=Cc1ccccc1)CCC2)C(N)=O. The van der Waals surface area contributed by atoms with Crippen LogP contribution in [0.1, 0.15) is 46.9 Å². The first-order valence-corrected chi connectivity index (χ1v) is 9.72. The lowest BCUT2D eigenvalue weighted by Crippen LogP contribution is -2.31. The van der Waals surface area contributed by atoms with Crippen LogP contribution in [0.4, 0.5) is 0 Å². The maximum absolute atomic E-state index is 13.0. The first kappa shape index (κ1) is 18.9. The summed E-state index contributed by atoms with van der Waals surface area (Å²) >= 11 is 0. The molecule has 146 valence electrons. The highest BCUT2D eigenvalue weighted by atomic mass is 16.5. The Labute approximate surface area is 169 Å². The molecule has 1 aromatic heterocycles. The van der Waals surface area contributed by atoms with Gasteiger partial charge < -0.3 is 10.5 Å². The molecule has 4 rings (SSSR count). The Morgan fingerprint density at radius 1 is 1.07 bits per heavy atom. The summed E-state index contributed by atoms with van der Waals surface area (Å²) in [6, 6.07) is 17.6. The molecular weight excluding hydrogens is 364 g/mol. The number of benzene rings is 2. The second-order valence-corrected chi connectivity index (χ2v) is 7.21. The van der Waals surface area contributed by atoms with Crippen molar-refractivity contribution in [1.29, 1.82) is 0 Å². The Hall–Kier alpha value is -3.47. The minimum atomic E-state index is -0.993. The molecular formula is C24H22N2O3. The van der Waals surface area contributed by atoms with E-state index >= 15 is 0 Å². The van der Waals surface area contributed by atoms with Gasteiger partial charge >= 0.3 is 5.97 Å². The fourth-order valence-electron chi connectivity index (χ4n) is 3.74. The zero-order valence-electron chi connectivity index (χ0n) is 16.2. The smallest absolute Gasteiger partial charge is 0.339 e. The number of nitrogens with zero attached hydrogens (tertiary/aromatic N) is 1. The molecule has 0 aliphatic heterocycles. The number of aromatic nitrogens is 1. The van der Waals surface area contributed by atoms with Crippen molar-refractivity contribution in [3.05, 3.63) is 77.0 Å². The van der Waals surface area contributed by atoms with E-state index in [0.29, 0.717) is 5.56 Å². The number of pyridine rings is 1. The number of primary amides is 1. The van der Waals surface area contributed by atoms with Gasteiger partial charge in [-0.25, -0.2) is 9.78 Å². The first-order valence-electron chi connectivity index (χ1n) is 9.72. The molecule has 1 aliphatic rings. The highest BCUT2D eigenvalue weighted by Crippen LogP contribution is 2.36. The topological polar surface area (TPSA) is 82.3 Å². The van der Waals surface area contributed by atoms with Gasteiger partial charge in [0.25, 0.3) is 5.91 Å². The van der Waals surface area contributed by atoms with Gasteiger partial charge in [0.05, 0.1) is 16.8 Å². The Bertz CT molecular complexity index is 1120. The Kier molecular flexibility index (Phi) is 5.12. The molecule has 0 fully saturated rings. The molecule has 0 spiro atoms. The van der Waals surface area contributed by atoms with Crippen molar-refractivity contribution in [2.45, 2.75) is 32.3 Å². The molecule has 5 heteroatoms. The van der Waals surface area contributed by atoms with E-state index in [1.54, 1.807) is 0 Å². The number of hydrogen-bond donors (Lipinski definition) is 1. The molecule has 3 aromatic rings. The number of fused-ring (bicyclic) bond motifs is 2. The molecule has 5 nitrogen and oxygen atoms in total. The van der Waals surface area contributed by atoms with Gasteiger partial charge in [0, 0.05) is 5.39 Å². The van der Waals surface area contributed by atoms with E-state index < -0.39 is 18.0 Å². The van der Waals surface area contributed by atoms with E-state index in [0.717, 1.165) is 52.6 Å². The van der Waals surface area contributed by atoms with Gasteiger partial charge in [0.1, 0.15) is 0 Å². The molecule has 0 radical (unpaired) electrons. The Morgan fingerprint density at radius 2 is 1.79 bits per heavy atom. The zero-order chi connectivity index (χ0) is 20.4. The molecule has 29 heavy (non-hydrogen) atoms. The number of hydrogen-bond acceptors (Lipinski definition) is 4. The number of para-hydroxylation sites is 1. The summed E-state index contributed by atoms with van der Waals surface area (Å²) in [5.74, 6) is -1.21. The van der Waals surface area contributed by atoms with Crippen molar-refractivity contribution >= 4 is 34.4 Å². The average molecular weight is 386 g/mol. The van der Waals surface area contributed by atoms with Crippen molar-refractivity contribution in [3.63, 3.8) is 0 Å². The molecule has 0 saturated heterocycles. The third-order valence-electron chi connectivity index (χ3n) is 5.20. The lowest BCUT2D eigenvalue weighted by atomic mass is 9.86. The number of amides is 1. The van der Waals surface area contributed by atoms with Crippen molar-refractivity contribution in [2.24, 2.45) is 5.73 Å². The zero-order valence-corrected chi connectivity index (χ0v) is 16.2. The maximum Gasteiger partial charge on any atom is 0.339 e. The van der Waals surface area contributed by atoms with Crippen LogP contribution < -0.4 is 5.73 Å². The molecule has 1 heterocycles. The molecule has 0 bridgehead atoms. The van der Waals surface area contributed by atoms with Crippen LogP contribution in [-0.2, 0) is 16.0 Å². The van der Waals surface area contributed by atoms with Gasteiger partial charge in [0.15, 0.2) is 6.10 Å². The maximum atomic E-state index is 13.0. The summed E-state index contributed by atoms with van der Waals surface area (Å²) < 4.78 is 5.36. The number of allylic oxidation sites excluding steroid dienone is 1. The average Bonchev–Trinajstić information content (AvgIpc) is 2.73. The van der Waals surface area contributed by atoms with E-state index in [4.69, 9.17) is 15.5 Å². The summed E-state index contributed by atoms with van der Waals surface area (Å²) in [4.78, 5) is 29.3. The quantitative estimate of drug-likeness (QED) is 0.683. The predicted octanol–water partition coefficient (Wildman–Crippen LogP) is 4.14. The van der Waals surface area contributed by atoms with Crippen LogP contribution in [0.25, 0.3) is 22.6 Å². The molecule has 1 aliphatic carbocycles. The molecule has 2 aromatic carbocycles. The second-order valence-electron chi connectivity index (χ2n) is 7.21. The van der Waals surface area contributed by atoms with Crippen LogP contribution in [-0.4, -0.2) is 23.0 Å². The van der Waals surface area contributed by atoms with Crippen LogP contribution >= 0.6 is 0 Å². The van der Waals surface area contributed by atoms with Gasteiger partial charge in [-0.05, 0) is 55.0 Å². The van der Waals surface area contributed by atoms with Crippen LogP contribution in [0.2, 0.25) is 0 Å². The summed E-state index contributed by atoms with van der Waals surface area (Å²) in [6.45, 7) is 1.48. The number of carbonyl (C=O) groups is 2. The third kappa shape index (κ3) is 3.76. The molecule has 1 amide bonds. The number of esters is 1. The fraction of sp³-hybridized carbons (Fsp3) is 0.208. The minimum Gasteiger partial charge on any atom is -0.449 e. The van der Waals surface area contributed by atoms with Gasteiger partial charge in [-0.3, -0.25) is 4.79 Å². The van der Waals surface area contributed by atoms with E-state index in [-0.39, 0.29) is 0 Å². The van der Waals surface area contributed by atoms with Crippen LogP contribution in [0.3, 0.4) is 0 Å². The third-order valence-corrected chi connectivity index (χ3v) is 5.20. The first-order chi connectivity index (χ1) is 14.0. The number of rotatable bonds is 4. The number of ether oxygens (including phenoxy) is 1. The minimum absolute atomic E-state index is 0.484. The fourth-order valence-corrected chi connectivity index (χ4v) is 3.74. The lowest BCUT2D eigenvalue weighted by Gasteiger charge is -2.23. The van der Waals surface area contributed by atoms with Crippen LogP contribution in [0.15, 0.2) is 54.6 Å². The summed E-state index contributed by atoms with van der Waals surface area (Å²) in [5, 5.41) is 0.730. The van der Waals surface area contributed by atoms with E-state index in [9.17, 15) is 9.59 Å². The standard InChI is InChI=1S/C24H22N2O3/c1-15(23(25)27)29-24(28)21-18-11-5-6-13-20(18)26-22-17(10-7-12-19(21)22)14-16-8-3-2-4-9-16/h2-6,8-9,11,13-15H,7,10,12H2,1H3,(H2,25,27). The molecule has 0 saturated carbocycles.